The lowest BCUT2D eigenvalue weighted by atomic mass is 9.92. The average Bonchev–Trinajstić information content (AvgIpc) is 2.87. The SMILES string of the molecule is Cc1ccsc1CNCC1(C(C)C)CC1. The first kappa shape index (κ1) is 11.2. The first-order valence-corrected chi connectivity index (χ1v) is 6.76. The number of nitrogens with one attached hydrogen (secondary N) is 1. The minimum atomic E-state index is 0.630. The average molecular weight is 223 g/mol. The van der Waals surface area contributed by atoms with Gasteiger partial charge in [-0.1, -0.05) is 13.8 Å². The van der Waals surface area contributed by atoms with E-state index in [2.05, 4.69) is 37.5 Å². The molecule has 0 aliphatic heterocycles. The fourth-order valence-corrected chi connectivity index (χ4v) is 3.00. The normalized spacial score (nSPS) is 18.4. The Morgan fingerprint density at radius 2 is 2.20 bits per heavy atom. The molecule has 2 heteroatoms. The van der Waals surface area contributed by atoms with Crippen molar-refractivity contribution < 1.29 is 0 Å². The summed E-state index contributed by atoms with van der Waals surface area (Å²) in [7, 11) is 0. The summed E-state index contributed by atoms with van der Waals surface area (Å²) in [6.45, 7) is 9.15. The van der Waals surface area contributed by atoms with Crippen molar-refractivity contribution in [2.24, 2.45) is 11.3 Å². The van der Waals surface area contributed by atoms with Crippen LogP contribution in [0.15, 0.2) is 11.4 Å². The monoisotopic (exact) mass is 223 g/mol. The van der Waals surface area contributed by atoms with Gasteiger partial charge in [0.2, 0.25) is 0 Å². The molecule has 1 fully saturated rings. The van der Waals surface area contributed by atoms with Crippen LogP contribution in [0.4, 0.5) is 0 Å². The number of hydrogen-bond donors (Lipinski definition) is 1. The minimum absolute atomic E-state index is 0.630. The third-order valence-corrected chi connectivity index (χ3v) is 4.87. The number of thiophene rings is 1. The quantitative estimate of drug-likeness (QED) is 0.804. The molecule has 0 radical (unpaired) electrons. The summed E-state index contributed by atoms with van der Waals surface area (Å²) in [5.74, 6) is 0.828. The van der Waals surface area contributed by atoms with E-state index in [4.69, 9.17) is 0 Å². The third-order valence-electron chi connectivity index (χ3n) is 3.85. The van der Waals surface area contributed by atoms with Crippen molar-refractivity contribution in [1.29, 1.82) is 0 Å². The zero-order chi connectivity index (χ0) is 10.9. The standard InChI is InChI=1S/C13H21NS/c1-10(2)13(5-6-13)9-14-8-12-11(3)4-7-15-12/h4,7,10,14H,5-6,8-9H2,1-3H3. The molecule has 1 saturated carbocycles. The van der Waals surface area contributed by atoms with Crippen LogP contribution in [-0.2, 0) is 6.54 Å². The van der Waals surface area contributed by atoms with E-state index in [1.165, 1.54) is 29.8 Å². The highest BCUT2D eigenvalue weighted by Crippen LogP contribution is 2.51. The van der Waals surface area contributed by atoms with Gasteiger partial charge < -0.3 is 5.32 Å². The third kappa shape index (κ3) is 2.43. The summed E-state index contributed by atoms with van der Waals surface area (Å²) < 4.78 is 0. The Labute approximate surface area is 96.9 Å². The van der Waals surface area contributed by atoms with Crippen LogP contribution in [0.5, 0.6) is 0 Å². The second-order valence-corrected chi connectivity index (χ2v) is 6.15. The van der Waals surface area contributed by atoms with E-state index < -0.39 is 0 Å². The van der Waals surface area contributed by atoms with E-state index >= 15 is 0 Å². The van der Waals surface area contributed by atoms with Gasteiger partial charge in [-0.15, -0.1) is 11.3 Å². The first-order chi connectivity index (χ1) is 7.14. The molecule has 1 aliphatic rings. The molecular formula is C13H21NS. The maximum absolute atomic E-state index is 3.62. The van der Waals surface area contributed by atoms with Gasteiger partial charge in [0.15, 0.2) is 0 Å². The second-order valence-electron chi connectivity index (χ2n) is 5.15. The molecule has 0 bridgehead atoms. The second kappa shape index (κ2) is 4.26. The van der Waals surface area contributed by atoms with Crippen LogP contribution in [0, 0.1) is 18.3 Å². The molecule has 0 unspecified atom stereocenters. The van der Waals surface area contributed by atoms with Gasteiger partial charge in [0.1, 0.15) is 0 Å². The van der Waals surface area contributed by atoms with Crippen LogP contribution >= 0.6 is 11.3 Å². The van der Waals surface area contributed by atoms with Gasteiger partial charge in [0, 0.05) is 18.0 Å². The molecule has 84 valence electrons. The Morgan fingerprint density at radius 3 is 2.67 bits per heavy atom. The lowest BCUT2D eigenvalue weighted by Gasteiger charge is -2.19. The van der Waals surface area contributed by atoms with Crippen molar-refractivity contribution in [3.63, 3.8) is 0 Å². The van der Waals surface area contributed by atoms with E-state index in [-0.39, 0.29) is 0 Å². The lowest BCUT2D eigenvalue weighted by molar-refractivity contribution is 0.338. The zero-order valence-electron chi connectivity index (χ0n) is 9.97. The first-order valence-electron chi connectivity index (χ1n) is 5.88. The number of hydrogen-bond acceptors (Lipinski definition) is 2. The van der Waals surface area contributed by atoms with Crippen molar-refractivity contribution in [1.82, 2.24) is 5.32 Å². The molecular weight excluding hydrogens is 202 g/mol. The Morgan fingerprint density at radius 1 is 1.47 bits per heavy atom. The molecule has 0 atom stereocenters. The van der Waals surface area contributed by atoms with Crippen LogP contribution in [0.2, 0.25) is 0 Å². The summed E-state index contributed by atoms with van der Waals surface area (Å²) in [5.41, 5.74) is 2.06. The van der Waals surface area contributed by atoms with Gasteiger partial charge in [0.25, 0.3) is 0 Å². The topological polar surface area (TPSA) is 12.0 Å². The zero-order valence-corrected chi connectivity index (χ0v) is 10.8. The minimum Gasteiger partial charge on any atom is -0.311 e. The highest BCUT2D eigenvalue weighted by atomic mass is 32.1. The van der Waals surface area contributed by atoms with E-state index in [0.717, 1.165) is 12.5 Å². The van der Waals surface area contributed by atoms with E-state index in [0.29, 0.717) is 5.41 Å². The molecule has 0 spiro atoms. The Bertz CT molecular complexity index is 323. The predicted octanol–water partition coefficient (Wildman–Crippen LogP) is 3.58. The molecule has 1 N–H and O–H groups in total. The van der Waals surface area contributed by atoms with Crippen molar-refractivity contribution in [2.75, 3.05) is 6.54 Å². The van der Waals surface area contributed by atoms with Crippen LogP contribution < -0.4 is 5.32 Å². The van der Waals surface area contributed by atoms with Crippen LogP contribution in [0.25, 0.3) is 0 Å². The fraction of sp³-hybridized carbons (Fsp3) is 0.692. The molecule has 1 aliphatic carbocycles. The van der Waals surface area contributed by atoms with Gasteiger partial charge >= 0.3 is 0 Å². The summed E-state index contributed by atoms with van der Waals surface area (Å²) in [4.78, 5) is 1.49. The fourth-order valence-electron chi connectivity index (χ4n) is 2.13. The molecule has 1 aromatic heterocycles. The summed E-state index contributed by atoms with van der Waals surface area (Å²) >= 11 is 1.87. The maximum Gasteiger partial charge on any atom is 0.0302 e. The Hall–Kier alpha value is -0.340. The molecule has 2 rings (SSSR count). The lowest BCUT2D eigenvalue weighted by Crippen LogP contribution is -2.27. The van der Waals surface area contributed by atoms with Crippen LogP contribution in [0.1, 0.15) is 37.1 Å². The Kier molecular flexibility index (Phi) is 3.17. The smallest absolute Gasteiger partial charge is 0.0302 e. The summed E-state index contributed by atoms with van der Waals surface area (Å²) in [6, 6.07) is 2.21. The number of rotatable bonds is 5. The van der Waals surface area contributed by atoms with Crippen LogP contribution in [-0.4, -0.2) is 6.54 Å². The van der Waals surface area contributed by atoms with Crippen molar-refractivity contribution >= 4 is 11.3 Å². The molecule has 15 heavy (non-hydrogen) atoms. The predicted molar refractivity (Wildman–Crippen MR) is 67.3 cm³/mol. The van der Waals surface area contributed by atoms with Crippen molar-refractivity contribution in [2.45, 2.75) is 40.2 Å². The largest absolute Gasteiger partial charge is 0.311 e. The molecule has 0 saturated heterocycles. The summed E-state index contributed by atoms with van der Waals surface area (Å²) in [5, 5.41) is 5.81. The van der Waals surface area contributed by atoms with Crippen molar-refractivity contribution in [3.05, 3.63) is 21.9 Å². The molecule has 1 heterocycles. The van der Waals surface area contributed by atoms with Crippen LogP contribution in [0.3, 0.4) is 0 Å². The van der Waals surface area contributed by atoms with Gasteiger partial charge in [-0.2, -0.15) is 0 Å². The van der Waals surface area contributed by atoms with Crippen molar-refractivity contribution in [3.8, 4) is 0 Å². The highest BCUT2D eigenvalue weighted by molar-refractivity contribution is 7.10. The van der Waals surface area contributed by atoms with Gasteiger partial charge in [-0.05, 0) is 48.1 Å². The van der Waals surface area contributed by atoms with E-state index in [1.807, 2.05) is 11.3 Å². The van der Waals surface area contributed by atoms with Gasteiger partial charge in [-0.3, -0.25) is 0 Å². The van der Waals surface area contributed by atoms with Gasteiger partial charge in [0.05, 0.1) is 0 Å². The number of aryl methyl sites for hydroxylation is 1. The van der Waals surface area contributed by atoms with E-state index in [1.54, 1.807) is 0 Å². The molecule has 1 aromatic rings. The molecule has 0 aromatic carbocycles. The molecule has 1 nitrogen and oxygen atoms in total. The molecule has 0 amide bonds. The highest BCUT2D eigenvalue weighted by Gasteiger charge is 2.44. The van der Waals surface area contributed by atoms with Gasteiger partial charge in [-0.25, -0.2) is 0 Å². The summed E-state index contributed by atoms with van der Waals surface area (Å²) in [6.07, 6.45) is 2.84. The Balaban J connectivity index is 1.78. The van der Waals surface area contributed by atoms with E-state index in [9.17, 15) is 0 Å². The maximum atomic E-state index is 3.62.